The second kappa shape index (κ2) is 8.33. The number of fused-ring (bicyclic) bond motifs is 1. The minimum atomic E-state index is -0.387. The smallest absolute Gasteiger partial charge is 0.267 e. The van der Waals surface area contributed by atoms with Crippen LogP contribution in [-0.2, 0) is 0 Å². The van der Waals surface area contributed by atoms with Gasteiger partial charge in [0.15, 0.2) is 0 Å². The number of carbonyl (C=O) groups is 1. The summed E-state index contributed by atoms with van der Waals surface area (Å²) >= 11 is 0. The van der Waals surface area contributed by atoms with Gasteiger partial charge in [0.2, 0.25) is 0 Å². The molecule has 0 bridgehead atoms. The third-order valence-corrected chi connectivity index (χ3v) is 4.52. The Hall–Kier alpha value is -4.37. The Balaban J connectivity index is 1.64. The number of halogens is 1. The van der Waals surface area contributed by atoms with Crippen LogP contribution in [0.3, 0.4) is 0 Å². The summed E-state index contributed by atoms with van der Waals surface area (Å²) in [5, 5.41) is 13.5. The first kappa shape index (κ1) is 19.0. The van der Waals surface area contributed by atoms with Crippen LogP contribution in [0.1, 0.15) is 21.5 Å². The van der Waals surface area contributed by atoms with E-state index in [1.54, 1.807) is 42.5 Å². The standard InChI is InChI=1S/C24H15FN4O/c25-19-11-9-18(10-12-19)23-13-21(20-3-1-2-4-22(20)28-23)24(30)29-27-15-17-7-5-16(14-26)6-8-17/h1-13,15H,(H,29,30)/b27-15-. The fraction of sp³-hybridized carbons (Fsp3) is 0. The topological polar surface area (TPSA) is 78.1 Å². The molecule has 4 aromatic rings. The molecule has 0 unspecified atom stereocenters. The van der Waals surface area contributed by atoms with Crippen LogP contribution >= 0.6 is 0 Å². The quantitative estimate of drug-likeness (QED) is 0.403. The van der Waals surface area contributed by atoms with Crippen molar-refractivity contribution in [2.24, 2.45) is 5.10 Å². The molecular formula is C24H15FN4O. The number of amides is 1. The van der Waals surface area contributed by atoms with Crippen LogP contribution in [0, 0.1) is 17.1 Å². The van der Waals surface area contributed by atoms with Crippen LogP contribution in [0.25, 0.3) is 22.2 Å². The molecule has 0 aliphatic rings. The number of pyridine rings is 1. The van der Waals surface area contributed by atoms with Gasteiger partial charge in [-0.3, -0.25) is 4.79 Å². The molecule has 0 aliphatic heterocycles. The van der Waals surface area contributed by atoms with Gasteiger partial charge in [0.05, 0.1) is 34.6 Å². The van der Waals surface area contributed by atoms with Gasteiger partial charge in [-0.1, -0.05) is 30.3 Å². The van der Waals surface area contributed by atoms with Crippen LogP contribution in [0.2, 0.25) is 0 Å². The Morgan fingerprint density at radius 3 is 2.50 bits per heavy atom. The molecule has 0 fully saturated rings. The van der Waals surface area contributed by atoms with E-state index in [1.165, 1.54) is 18.3 Å². The summed E-state index contributed by atoms with van der Waals surface area (Å²) in [4.78, 5) is 17.4. The van der Waals surface area contributed by atoms with Crippen molar-refractivity contribution in [3.8, 4) is 17.3 Å². The molecule has 0 radical (unpaired) electrons. The van der Waals surface area contributed by atoms with Crippen molar-refractivity contribution in [3.05, 3.63) is 101 Å². The largest absolute Gasteiger partial charge is 0.272 e. The molecule has 5 nitrogen and oxygen atoms in total. The summed E-state index contributed by atoms with van der Waals surface area (Å²) in [6, 6.07) is 23.8. The monoisotopic (exact) mass is 394 g/mol. The molecule has 0 saturated carbocycles. The summed E-state index contributed by atoms with van der Waals surface area (Å²) in [5.74, 6) is -0.725. The number of hydrogen-bond donors (Lipinski definition) is 1. The van der Waals surface area contributed by atoms with Crippen LogP contribution in [0.15, 0.2) is 84.0 Å². The summed E-state index contributed by atoms with van der Waals surface area (Å²) in [6.07, 6.45) is 1.50. The van der Waals surface area contributed by atoms with Crippen molar-refractivity contribution in [2.75, 3.05) is 0 Å². The van der Waals surface area contributed by atoms with Gasteiger partial charge in [-0.25, -0.2) is 14.8 Å². The second-order valence-electron chi connectivity index (χ2n) is 6.51. The lowest BCUT2D eigenvalue weighted by atomic mass is 10.0. The molecule has 0 spiro atoms. The van der Waals surface area contributed by atoms with Gasteiger partial charge < -0.3 is 0 Å². The second-order valence-corrected chi connectivity index (χ2v) is 6.51. The number of hydrogen-bond acceptors (Lipinski definition) is 4. The number of benzene rings is 3. The van der Waals surface area contributed by atoms with Crippen LogP contribution in [0.4, 0.5) is 4.39 Å². The lowest BCUT2D eigenvalue weighted by Crippen LogP contribution is -2.18. The van der Waals surface area contributed by atoms with Crippen LogP contribution in [0.5, 0.6) is 0 Å². The molecular weight excluding hydrogens is 379 g/mol. The average Bonchev–Trinajstić information content (AvgIpc) is 2.79. The van der Waals surface area contributed by atoms with Gasteiger partial charge >= 0.3 is 0 Å². The Morgan fingerprint density at radius 2 is 1.77 bits per heavy atom. The lowest BCUT2D eigenvalue weighted by Gasteiger charge is -2.09. The maximum absolute atomic E-state index is 13.3. The number of carbonyl (C=O) groups excluding carboxylic acids is 1. The third-order valence-electron chi connectivity index (χ3n) is 4.52. The minimum absolute atomic E-state index is 0.338. The Bertz CT molecular complexity index is 1290. The molecule has 1 N–H and O–H groups in total. The van der Waals surface area contributed by atoms with Gasteiger partial charge in [0, 0.05) is 10.9 Å². The summed E-state index contributed by atoms with van der Waals surface area (Å²) in [5.41, 5.74) is 6.17. The van der Waals surface area contributed by atoms with E-state index in [1.807, 2.05) is 30.3 Å². The predicted octanol–water partition coefficient (Wildman–Crippen LogP) is 4.68. The van der Waals surface area contributed by atoms with Crippen molar-refractivity contribution in [1.29, 1.82) is 5.26 Å². The lowest BCUT2D eigenvalue weighted by molar-refractivity contribution is 0.0956. The summed E-state index contributed by atoms with van der Waals surface area (Å²) < 4.78 is 13.3. The fourth-order valence-corrected chi connectivity index (χ4v) is 3.00. The van der Waals surface area contributed by atoms with Gasteiger partial charge in [0.1, 0.15) is 5.82 Å². The number of nitrogens with one attached hydrogen (secondary N) is 1. The molecule has 1 amide bonds. The number of nitrogens with zero attached hydrogens (tertiary/aromatic N) is 3. The van der Waals surface area contributed by atoms with Crippen molar-refractivity contribution in [2.45, 2.75) is 0 Å². The zero-order valence-corrected chi connectivity index (χ0v) is 15.7. The zero-order valence-electron chi connectivity index (χ0n) is 15.7. The Kier molecular flexibility index (Phi) is 5.27. The van der Waals surface area contributed by atoms with Crippen LogP contribution < -0.4 is 5.43 Å². The van der Waals surface area contributed by atoms with Crippen molar-refractivity contribution < 1.29 is 9.18 Å². The molecule has 0 atom stereocenters. The fourth-order valence-electron chi connectivity index (χ4n) is 3.00. The molecule has 3 aromatic carbocycles. The van der Waals surface area contributed by atoms with Crippen molar-refractivity contribution >= 4 is 23.0 Å². The van der Waals surface area contributed by atoms with Gasteiger partial charge in [-0.15, -0.1) is 0 Å². The van der Waals surface area contributed by atoms with E-state index < -0.39 is 0 Å². The van der Waals surface area contributed by atoms with E-state index in [0.717, 1.165) is 5.56 Å². The molecule has 30 heavy (non-hydrogen) atoms. The Morgan fingerprint density at radius 1 is 1.03 bits per heavy atom. The van der Waals surface area contributed by atoms with Gasteiger partial charge in [0.25, 0.3) is 5.91 Å². The van der Waals surface area contributed by atoms with Crippen LogP contribution in [-0.4, -0.2) is 17.1 Å². The highest BCUT2D eigenvalue weighted by Gasteiger charge is 2.13. The highest BCUT2D eigenvalue weighted by molar-refractivity contribution is 6.07. The normalized spacial score (nSPS) is 10.8. The first-order valence-electron chi connectivity index (χ1n) is 9.13. The van der Waals surface area contributed by atoms with E-state index in [9.17, 15) is 9.18 Å². The first-order valence-corrected chi connectivity index (χ1v) is 9.13. The number of nitriles is 1. The molecule has 6 heteroatoms. The predicted molar refractivity (Wildman–Crippen MR) is 113 cm³/mol. The van der Waals surface area contributed by atoms with E-state index in [0.29, 0.717) is 33.3 Å². The minimum Gasteiger partial charge on any atom is -0.267 e. The number of aromatic nitrogens is 1. The van der Waals surface area contributed by atoms with Crippen molar-refractivity contribution in [1.82, 2.24) is 10.4 Å². The SMILES string of the molecule is N#Cc1ccc(/C=N\NC(=O)c2cc(-c3ccc(F)cc3)nc3ccccc23)cc1. The van der Waals surface area contributed by atoms with E-state index in [-0.39, 0.29) is 11.7 Å². The summed E-state index contributed by atoms with van der Waals surface area (Å²) in [7, 11) is 0. The zero-order chi connectivity index (χ0) is 20.9. The summed E-state index contributed by atoms with van der Waals surface area (Å²) in [6.45, 7) is 0. The average molecular weight is 394 g/mol. The molecule has 1 heterocycles. The maximum Gasteiger partial charge on any atom is 0.272 e. The molecule has 0 saturated heterocycles. The van der Waals surface area contributed by atoms with Crippen molar-refractivity contribution in [3.63, 3.8) is 0 Å². The van der Waals surface area contributed by atoms with Gasteiger partial charge in [-0.2, -0.15) is 10.4 Å². The molecule has 1 aromatic heterocycles. The van der Waals surface area contributed by atoms with Gasteiger partial charge in [-0.05, 0) is 54.1 Å². The first-order chi connectivity index (χ1) is 14.6. The molecule has 144 valence electrons. The highest BCUT2D eigenvalue weighted by Crippen LogP contribution is 2.25. The maximum atomic E-state index is 13.3. The highest BCUT2D eigenvalue weighted by atomic mass is 19.1. The number of hydrazone groups is 1. The molecule has 4 rings (SSSR count). The molecule has 0 aliphatic carbocycles. The third kappa shape index (κ3) is 4.05. The number of para-hydroxylation sites is 1. The van der Waals surface area contributed by atoms with E-state index >= 15 is 0 Å². The van der Waals surface area contributed by atoms with E-state index in [2.05, 4.69) is 15.5 Å². The van der Waals surface area contributed by atoms with E-state index in [4.69, 9.17) is 5.26 Å². The Labute approximate surface area is 172 Å². The number of rotatable bonds is 4.